The number of rotatable bonds is 4. The molecule has 0 aromatic heterocycles. The van der Waals surface area contributed by atoms with Crippen LogP contribution in [-0.2, 0) is 5.41 Å². The van der Waals surface area contributed by atoms with E-state index >= 15 is 0 Å². The Balaban J connectivity index is 1.99. The van der Waals surface area contributed by atoms with Gasteiger partial charge in [0.05, 0.1) is 0 Å². The predicted octanol–water partition coefficient (Wildman–Crippen LogP) is 3.50. The topological polar surface area (TPSA) is 21.3 Å². The van der Waals surface area contributed by atoms with Gasteiger partial charge in [0.1, 0.15) is 11.9 Å². The first-order valence-corrected chi connectivity index (χ1v) is 7.00. The van der Waals surface area contributed by atoms with Crippen LogP contribution in [-0.4, -0.2) is 18.7 Å². The minimum Gasteiger partial charge on any atom is -0.490 e. The number of ether oxygens (including phenoxy) is 1. The van der Waals surface area contributed by atoms with Crippen LogP contribution in [0.5, 0.6) is 5.75 Å². The van der Waals surface area contributed by atoms with Crippen molar-refractivity contribution in [1.82, 2.24) is 5.32 Å². The molecule has 2 rings (SSSR count). The van der Waals surface area contributed by atoms with Crippen molar-refractivity contribution in [3.8, 4) is 5.75 Å². The molecule has 0 unspecified atom stereocenters. The summed E-state index contributed by atoms with van der Waals surface area (Å²) in [5.41, 5.74) is 1.44. The van der Waals surface area contributed by atoms with E-state index in [1.807, 2.05) is 0 Å². The van der Waals surface area contributed by atoms with E-state index in [0.29, 0.717) is 12.1 Å². The van der Waals surface area contributed by atoms with E-state index in [1.54, 1.807) is 0 Å². The lowest BCUT2D eigenvalue weighted by molar-refractivity contribution is 0.0840. The zero-order chi connectivity index (χ0) is 13.2. The first-order chi connectivity index (χ1) is 8.50. The van der Waals surface area contributed by atoms with E-state index < -0.39 is 0 Å². The quantitative estimate of drug-likeness (QED) is 0.879. The maximum atomic E-state index is 6.14. The van der Waals surface area contributed by atoms with Crippen molar-refractivity contribution >= 4 is 0 Å². The second-order valence-corrected chi connectivity index (χ2v) is 6.21. The Hall–Kier alpha value is -1.02. The van der Waals surface area contributed by atoms with Crippen LogP contribution < -0.4 is 10.1 Å². The van der Waals surface area contributed by atoms with Crippen molar-refractivity contribution in [3.05, 3.63) is 29.8 Å². The third-order valence-corrected chi connectivity index (χ3v) is 3.58. The van der Waals surface area contributed by atoms with Crippen molar-refractivity contribution in [2.75, 3.05) is 6.54 Å². The highest BCUT2D eigenvalue weighted by atomic mass is 16.5. The summed E-state index contributed by atoms with van der Waals surface area (Å²) in [6, 6.07) is 9.08. The summed E-state index contributed by atoms with van der Waals surface area (Å²) < 4.78 is 6.14. The van der Waals surface area contributed by atoms with Gasteiger partial charge in [-0.1, -0.05) is 45.9 Å². The predicted molar refractivity (Wildman–Crippen MR) is 76.3 cm³/mol. The molecule has 0 heterocycles. The molecule has 2 nitrogen and oxygen atoms in total. The smallest absolute Gasteiger partial charge is 0.123 e. The van der Waals surface area contributed by atoms with Crippen LogP contribution >= 0.6 is 0 Å². The van der Waals surface area contributed by atoms with Gasteiger partial charge in [-0.05, 0) is 36.4 Å². The lowest BCUT2D eigenvalue weighted by Crippen LogP contribution is -2.46. The largest absolute Gasteiger partial charge is 0.490 e. The summed E-state index contributed by atoms with van der Waals surface area (Å²) in [7, 11) is 0. The van der Waals surface area contributed by atoms with E-state index in [4.69, 9.17) is 4.74 Å². The van der Waals surface area contributed by atoms with Gasteiger partial charge in [0.15, 0.2) is 0 Å². The summed E-state index contributed by atoms with van der Waals surface area (Å²) in [5, 5.41) is 3.46. The summed E-state index contributed by atoms with van der Waals surface area (Å²) >= 11 is 0. The Labute approximate surface area is 111 Å². The average molecular weight is 247 g/mol. The summed E-state index contributed by atoms with van der Waals surface area (Å²) in [4.78, 5) is 0. The highest BCUT2D eigenvalue weighted by Crippen LogP contribution is 2.34. The van der Waals surface area contributed by atoms with Gasteiger partial charge in [0, 0.05) is 6.04 Å². The molecule has 0 aliphatic heterocycles. The minimum atomic E-state index is 0.140. The van der Waals surface area contributed by atoms with Crippen molar-refractivity contribution in [1.29, 1.82) is 0 Å². The molecule has 100 valence electrons. The van der Waals surface area contributed by atoms with Gasteiger partial charge in [-0.3, -0.25) is 0 Å². The molecule has 2 heteroatoms. The van der Waals surface area contributed by atoms with Gasteiger partial charge in [-0.25, -0.2) is 0 Å². The number of hydrogen-bond donors (Lipinski definition) is 1. The molecule has 1 N–H and O–H groups in total. The molecule has 1 aliphatic carbocycles. The highest BCUT2D eigenvalue weighted by Gasteiger charge is 2.31. The van der Waals surface area contributed by atoms with Gasteiger partial charge < -0.3 is 10.1 Å². The molecule has 1 aromatic rings. The molecule has 0 bridgehead atoms. The lowest BCUT2D eigenvalue weighted by Gasteiger charge is -2.37. The fourth-order valence-corrected chi connectivity index (χ4v) is 2.49. The Kier molecular flexibility index (Phi) is 3.96. The van der Waals surface area contributed by atoms with Crippen LogP contribution in [0.2, 0.25) is 0 Å². The monoisotopic (exact) mass is 247 g/mol. The van der Waals surface area contributed by atoms with E-state index in [0.717, 1.165) is 25.1 Å². The zero-order valence-corrected chi connectivity index (χ0v) is 12.0. The van der Waals surface area contributed by atoms with Crippen LogP contribution in [0, 0.1) is 0 Å². The van der Waals surface area contributed by atoms with Gasteiger partial charge in [-0.15, -0.1) is 0 Å². The van der Waals surface area contributed by atoms with Crippen LogP contribution in [0.15, 0.2) is 24.3 Å². The second kappa shape index (κ2) is 5.31. The summed E-state index contributed by atoms with van der Waals surface area (Å²) in [6.45, 7) is 9.91. The number of benzene rings is 1. The number of nitrogens with one attached hydrogen (secondary N) is 1. The average Bonchev–Trinajstić information content (AvgIpc) is 2.25. The molecule has 1 fully saturated rings. The molecule has 0 saturated heterocycles. The van der Waals surface area contributed by atoms with Gasteiger partial charge >= 0.3 is 0 Å². The summed E-state index contributed by atoms with van der Waals surface area (Å²) in [5.74, 6) is 1.06. The van der Waals surface area contributed by atoms with Crippen molar-refractivity contribution in [3.63, 3.8) is 0 Å². The maximum Gasteiger partial charge on any atom is 0.123 e. The Morgan fingerprint density at radius 1 is 1.22 bits per heavy atom. The molecule has 0 spiro atoms. The van der Waals surface area contributed by atoms with Crippen molar-refractivity contribution in [2.24, 2.45) is 0 Å². The first kappa shape index (κ1) is 13.4. The van der Waals surface area contributed by atoms with Crippen molar-refractivity contribution < 1.29 is 4.74 Å². The Bertz CT molecular complexity index is 388. The molecule has 1 saturated carbocycles. The molecule has 1 aliphatic rings. The molecule has 0 radical (unpaired) electrons. The van der Waals surface area contributed by atoms with E-state index in [-0.39, 0.29) is 5.41 Å². The normalized spacial score (nSPS) is 23.6. The third kappa shape index (κ3) is 3.05. The van der Waals surface area contributed by atoms with Crippen LogP contribution in [0.3, 0.4) is 0 Å². The minimum absolute atomic E-state index is 0.140. The van der Waals surface area contributed by atoms with E-state index in [1.165, 1.54) is 5.56 Å². The maximum absolute atomic E-state index is 6.14. The molecule has 1 aromatic carbocycles. The summed E-state index contributed by atoms with van der Waals surface area (Å²) in [6.07, 6.45) is 2.65. The fourth-order valence-electron chi connectivity index (χ4n) is 2.49. The fraction of sp³-hybridized carbons (Fsp3) is 0.625. The van der Waals surface area contributed by atoms with E-state index in [2.05, 4.69) is 57.3 Å². The highest BCUT2D eigenvalue weighted by molar-refractivity contribution is 5.38. The SMILES string of the molecule is CCNC1CC(Oc2ccccc2C(C)(C)C)C1. The lowest BCUT2D eigenvalue weighted by atomic mass is 9.85. The van der Waals surface area contributed by atoms with Gasteiger partial charge in [-0.2, -0.15) is 0 Å². The van der Waals surface area contributed by atoms with Gasteiger partial charge in [0.25, 0.3) is 0 Å². The number of hydrogen-bond acceptors (Lipinski definition) is 2. The molecule has 0 amide bonds. The molecular weight excluding hydrogens is 222 g/mol. The van der Waals surface area contributed by atoms with Crippen LogP contribution in [0.4, 0.5) is 0 Å². The second-order valence-electron chi connectivity index (χ2n) is 6.21. The van der Waals surface area contributed by atoms with Crippen LogP contribution in [0.1, 0.15) is 46.1 Å². The Morgan fingerprint density at radius 3 is 2.50 bits per heavy atom. The number of para-hydroxylation sites is 1. The Morgan fingerprint density at radius 2 is 1.89 bits per heavy atom. The molecular formula is C16H25NO. The van der Waals surface area contributed by atoms with Crippen molar-refractivity contribution in [2.45, 2.75) is 58.1 Å². The van der Waals surface area contributed by atoms with E-state index in [9.17, 15) is 0 Å². The third-order valence-electron chi connectivity index (χ3n) is 3.58. The standard InChI is InChI=1S/C16H25NO/c1-5-17-12-10-13(11-12)18-15-9-7-6-8-14(15)16(2,3)4/h6-9,12-13,17H,5,10-11H2,1-4H3. The van der Waals surface area contributed by atoms with Gasteiger partial charge in [0.2, 0.25) is 0 Å². The molecule has 18 heavy (non-hydrogen) atoms. The van der Waals surface area contributed by atoms with Crippen LogP contribution in [0.25, 0.3) is 0 Å². The zero-order valence-electron chi connectivity index (χ0n) is 12.0. The first-order valence-electron chi connectivity index (χ1n) is 7.00. The molecule has 0 atom stereocenters.